The lowest BCUT2D eigenvalue weighted by Gasteiger charge is -2.19. The van der Waals surface area contributed by atoms with Crippen LogP contribution in [0.25, 0.3) is 6.08 Å². The van der Waals surface area contributed by atoms with E-state index in [1.807, 2.05) is 6.07 Å². The molecule has 0 aromatic heterocycles. The molecule has 0 N–H and O–H groups in total. The van der Waals surface area contributed by atoms with Crippen molar-refractivity contribution in [3.05, 3.63) is 56.5 Å². The number of hydrogen-bond donors (Lipinski definition) is 0. The number of nitro benzene ring substituents is 1. The molecule has 10 heteroatoms. The topological polar surface area (TPSA) is 105 Å². The van der Waals surface area contributed by atoms with Crippen LogP contribution in [0.2, 0.25) is 0 Å². The lowest BCUT2D eigenvalue weighted by atomic mass is 10.1. The van der Waals surface area contributed by atoms with Gasteiger partial charge in [0.1, 0.15) is 11.5 Å². The summed E-state index contributed by atoms with van der Waals surface area (Å²) in [5, 5.41) is 11.2. The number of nitrogens with zero attached hydrogens (tertiary/aromatic N) is 1. The van der Waals surface area contributed by atoms with Gasteiger partial charge in [-0.05, 0) is 23.8 Å². The van der Waals surface area contributed by atoms with Gasteiger partial charge in [0.2, 0.25) is 0 Å². The summed E-state index contributed by atoms with van der Waals surface area (Å²) in [5.74, 6) is 1.12. The second-order valence-corrected chi connectivity index (χ2v) is 9.22. The largest absolute Gasteiger partial charge is 0.497 e. The van der Waals surface area contributed by atoms with E-state index >= 15 is 0 Å². The Labute approximate surface area is 172 Å². The van der Waals surface area contributed by atoms with Gasteiger partial charge in [-0.25, -0.2) is 8.42 Å². The van der Waals surface area contributed by atoms with Crippen molar-refractivity contribution in [3.8, 4) is 17.2 Å². The van der Waals surface area contributed by atoms with Gasteiger partial charge in [-0.1, -0.05) is 6.07 Å². The van der Waals surface area contributed by atoms with E-state index in [2.05, 4.69) is 0 Å². The number of thioether (sulfide) groups is 1. The number of methoxy groups -OCH3 is 3. The standard InChI is InChI=1S/C19H19NO7S2/c1-25-13-7-18(27-3)15-9-14(10-28-19(15)8-13)29(23,24)11-12-4-5-17(26-2)16(6-12)20(21)22/h4-9H,10-11H2,1-3H3. The highest BCUT2D eigenvalue weighted by Gasteiger charge is 2.26. The quantitative estimate of drug-likeness (QED) is 0.477. The third-order valence-corrected chi connectivity index (χ3v) is 7.47. The molecule has 0 saturated heterocycles. The van der Waals surface area contributed by atoms with Crippen LogP contribution in [-0.2, 0) is 15.6 Å². The number of benzene rings is 2. The van der Waals surface area contributed by atoms with Gasteiger partial charge < -0.3 is 14.2 Å². The fourth-order valence-electron chi connectivity index (χ4n) is 2.94. The molecule has 0 unspecified atom stereocenters. The Morgan fingerprint density at radius 2 is 1.79 bits per heavy atom. The zero-order chi connectivity index (χ0) is 21.2. The van der Waals surface area contributed by atoms with Crippen molar-refractivity contribution in [2.75, 3.05) is 27.1 Å². The lowest BCUT2D eigenvalue weighted by molar-refractivity contribution is -0.385. The third kappa shape index (κ3) is 4.33. The Balaban J connectivity index is 1.96. The summed E-state index contributed by atoms with van der Waals surface area (Å²) in [6.45, 7) is 0. The SMILES string of the molecule is COc1cc(OC)c2c(c1)SCC(S(=O)(=O)Cc1ccc(OC)c([N+](=O)[O-])c1)=C2. The van der Waals surface area contributed by atoms with Gasteiger partial charge >= 0.3 is 5.69 Å². The third-order valence-electron chi connectivity index (χ3n) is 4.40. The van der Waals surface area contributed by atoms with Crippen LogP contribution < -0.4 is 14.2 Å². The number of ether oxygens (including phenoxy) is 3. The molecule has 0 fully saturated rings. The van der Waals surface area contributed by atoms with Crippen molar-refractivity contribution in [2.24, 2.45) is 0 Å². The van der Waals surface area contributed by atoms with E-state index < -0.39 is 14.8 Å². The molecular weight excluding hydrogens is 418 g/mol. The Bertz CT molecular complexity index is 1090. The fourth-order valence-corrected chi connectivity index (χ4v) is 5.83. The van der Waals surface area contributed by atoms with E-state index in [4.69, 9.17) is 14.2 Å². The summed E-state index contributed by atoms with van der Waals surface area (Å²) in [5.41, 5.74) is 0.714. The molecular formula is C19H19NO7S2. The van der Waals surface area contributed by atoms with E-state index in [1.165, 1.54) is 44.2 Å². The first kappa shape index (κ1) is 21.0. The maximum atomic E-state index is 13.0. The minimum absolute atomic E-state index is 0.0798. The smallest absolute Gasteiger partial charge is 0.311 e. The van der Waals surface area contributed by atoms with E-state index in [1.54, 1.807) is 19.3 Å². The molecule has 0 atom stereocenters. The van der Waals surface area contributed by atoms with Crippen LogP contribution in [0, 0.1) is 10.1 Å². The minimum atomic E-state index is -3.69. The Morgan fingerprint density at radius 1 is 1.07 bits per heavy atom. The minimum Gasteiger partial charge on any atom is -0.497 e. The van der Waals surface area contributed by atoms with Crippen molar-refractivity contribution < 1.29 is 27.6 Å². The molecule has 0 spiro atoms. The van der Waals surface area contributed by atoms with Gasteiger partial charge in [0, 0.05) is 28.3 Å². The van der Waals surface area contributed by atoms with Crippen molar-refractivity contribution in [1.82, 2.24) is 0 Å². The summed E-state index contributed by atoms with van der Waals surface area (Å²) in [4.78, 5) is 11.7. The first-order valence-corrected chi connectivity index (χ1v) is 11.1. The summed E-state index contributed by atoms with van der Waals surface area (Å²) in [6.07, 6.45) is 1.59. The summed E-state index contributed by atoms with van der Waals surface area (Å²) < 4.78 is 41.5. The van der Waals surface area contributed by atoms with Crippen LogP contribution >= 0.6 is 11.8 Å². The van der Waals surface area contributed by atoms with Crippen LogP contribution in [0.4, 0.5) is 5.69 Å². The predicted molar refractivity (Wildman–Crippen MR) is 111 cm³/mol. The van der Waals surface area contributed by atoms with Crippen LogP contribution in [0.1, 0.15) is 11.1 Å². The summed E-state index contributed by atoms with van der Waals surface area (Å²) in [7, 11) is 0.687. The first-order chi connectivity index (χ1) is 13.8. The van der Waals surface area contributed by atoms with Crippen molar-refractivity contribution >= 4 is 33.4 Å². The summed E-state index contributed by atoms with van der Waals surface area (Å²) >= 11 is 1.37. The van der Waals surface area contributed by atoms with Crippen LogP contribution in [-0.4, -0.2) is 40.4 Å². The van der Waals surface area contributed by atoms with Gasteiger partial charge in [-0.3, -0.25) is 10.1 Å². The van der Waals surface area contributed by atoms with E-state index in [0.29, 0.717) is 22.6 Å². The molecule has 1 aliphatic heterocycles. The van der Waals surface area contributed by atoms with Crippen molar-refractivity contribution in [2.45, 2.75) is 10.6 Å². The van der Waals surface area contributed by atoms with Gasteiger partial charge in [0.05, 0.1) is 36.9 Å². The van der Waals surface area contributed by atoms with Gasteiger partial charge in [-0.15, -0.1) is 11.8 Å². The molecule has 29 heavy (non-hydrogen) atoms. The molecule has 8 nitrogen and oxygen atoms in total. The molecule has 2 aromatic rings. The molecule has 0 radical (unpaired) electrons. The normalized spacial score (nSPS) is 13.3. The number of hydrogen-bond acceptors (Lipinski definition) is 8. The molecule has 1 aliphatic rings. The fraction of sp³-hybridized carbons (Fsp3) is 0.263. The predicted octanol–water partition coefficient (Wildman–Crippen LogP) is 3.68. The number of sulfone groups is 1. The molecule has 1 heterocycles. The number of nitro groups is 1. The highest BCUT2D eigenvalue weighted by Crippen LogP contribution is 2.42. The molecule has 0 saturated carbocycles. The van der Waals surface area contributed by atoms with Crippen molar-refractivity contribution in [3.63, 3.8) is 0 Å². The molecule has 0 bridgehead atoms. The Hall–Kier alpha value is -2.72. The average Bonchev–Trinajstić information content (AvgIpc) is 2.71. The first-order valence-electron chi connectivity index (χ1n) is 8.42. The zero-order valence-electron chi connectivity index (χ0n) is 16.0. The lowest BCUT2D eigenvalue weighted by Crippen LogP contribution is -2.12. The van der Waals surface area contributed by atoms with Gasteiger partial charge in [-0.2, -0.15) is 0 Å². The monoisotopic (exact) mass is 437 g/mol. The highest BCUT2D eigenvalue weighted by molar-refractivity contribution is 8.02. The average molecular weight is 437 g/mol. The Morgan fingerprint density at radius 3 is 2.41 bits per heavy atom. The number of fused-ring (bicyclic) bond motifs is 1. The van der Waals surface area contributed by atoms with Crippen LogP contribution in [0.3, 0.4) is 0 Å². The molecule has 0 amide bonds. The van der Waals surface area contributed by atoms with E-state index in [9.17, 15) is 18.5 Å². The van der Waals surface area contributed by atoms with Crippen LogP contribution in [0.15, 0.2) is 40.1 Å². The molecule has 2 aromatic carbocycles. The Kier molecular flexibility index (Phi) is 6.04. The second-order valence-electron chi connectivity index (χ2n) is 6.16. The second kappa shape index (κ2) is 8.34. The van der Waals surface area contributed by atoms with E-state index in [0.717, 1.165) is 4.90 Å². The van der Waals surface area contributed by atoms with E-state index in [-0.39, 0.29) is 27.8 Å². The molecule has 0 aliphatic carbocycles. The summed E-state index contributed by atoms with van der Waals surface area (Å²) in [6, 6.07) is 7.66. The zero-order valence-corrected chi connectivity index (χ0v) is 17.6. The van der Waals surface area contributed by atoms with Gasteiger partial charge in [0.15, 0.2) is 15.6 Å². The molecule has 3 rings (SSSR count). The van der Waals surface area contributed by atoms with Crippen LogP contribution in [0.5, 0.6) is 17.2 Å². The van der Waals surface area contributed by atoms with Crippen molar-refractivity contribution in [1.29, 1.82) is 0 Å². The maximum Gasteiger partial charge on any atom is 0.311 e. The highest BCUT2D eigenvalue weighted by atomic mass is 32.2. The molecule has 154 valence electrons. The number of rotatable bonds is 7. The maximum absolute atomic E-state index is 13.0. The van der Waals surface area contributed by atoms with Gasteiger partial charge in [0.25, 0.3) is 0 Å².